The molecule has 2 aromatic carbocycles. The van der Waals surface area contributed by atoms with Crippen LogP contribution in [-0.2, 0) is 6.18 Å². The summed E-state index contributed by atoms with van der Waals surface area (Å²) in [6.07, 6.45) is -8.33. The highest BCUT2D eigenvalue weighted by Crippen LogP contribution is 2.31. The molecule has 0 saturated carbocycles. The zero-order valence-electron chi connectivity index (χ0n) is 20.0. The average molecular weight is 575 g/mol. The number of carbonyl (C=O) groups is 1. The topological polar surface area (TPSA) is 92.3 Å². The zero-order chi connectivity index (χ0) is 28.2. The maximum Gasteiger partial charge on any atom is 0.422 e. The number of ether oxygens (including phenoxy) is 1. The molecule has 3 aromatic rings. The third kappa shape index (κ3) is 8.09. The SMILES string of the molecule is O=C(c1ccc(Cl)cc1)N1CCC(Nc2nc(Nc3cccc(C(F)(F)F)c3)nc(OCC(F)(F)F)n2)CC1. The molecule has 0 aliphatic carbocycles. The van der Waals surface area contributed by atoms with Gasteiger partial charge in [-0.3, -0.25) is 4.79 Å². The molecule has 8 nitrogen and oxygen atoms in total. The molecule has 39 heavy (non-hydrogen) atoms. The summed E-state index contributed by atoms with van der Waals surface area (Å²) in [5.74, 6) is -0.626. The molecule has 1 fully saturated rings. The number of nitrogens with zero attached hydrogens (tertiary/aromatic N) is 4. The van der Waals surface area contributed by atoms with Crippen LogP contribution in [0.25, 0.3) is 0 Å². The summed E-state index contributed by atoms with van der Waals surface area (Å²) in [5, 5.41) is 6.04. The van der Waals surface area contributed by atoms with E-state index in [1.54, 1.807) is 29.2 Å². The van der Waals surface area contributed by atoms with Gasteiger partial charge < -0.3 is 20.3 Å². The fourth-order valence-corrected chi connectivity index (χ4v) is 3.90. The Labute approximate surface area is 223 Å². The van der Waals surface area contributed by atoms with Crippen molar-refractivity contribution in [2.45, 2.75) is 31.2 Å². The van der Waals surface area contributed by atoms with Crippen molar-refractivity contribution in [3.05, 3.63) is 64.7 Å². The van der Waals surface area contributed by atoms with Crippen molar-refractivity contribution >= 4 is 35.1 Å². The number of alkyl halides is 6. The summed E-state index contributed by atoms with van der Waals surface area (Å²) in [6.45, 7) is -0.904. The Morgan fingerprint density at radius 2 is 1.64 bits per heavy atom. The Morgan fingerprint density at radius 1 is 0.974 bits per heavy atom. The lowest BCUT2D eigenvalue weighted by Crippen LogP contribution is -2.42. The van der Waals surface area contributed by atoms with Crippen molar-refractivity contribution in [2.24, 2.45) is 0 Å². The summed E-state index contributed by atoms with van der Waals surface area (Å²) in [7, 11) is 0. The lowest BCUT2D eigenvalue weighted by atomic mass is 10.0. The number of hydrogen-bond acceptors (Lipinski definition) is 7. The van der Waals surface area contributed by atoms with Gasteiger partial charge in [-0.05, 0) is 55.3 Å². The van der Waals surface area contributed by atoms with Crippen LogP contribution in [0, 0.1) is 0 Å². The second-order valence-corrected chi connectivity index (χ2v) is 9.03. The molecule has 0 spiro atoms. The van der Waals surface area contributed by atoms with Gasteiger partial charge in [-0.15, -0.1) is 0 Å². The maximum absolute atomic E-state index is 13.1. The number of halogens is 7. The molecule has 0 bridgehead atoms. The van der Waals surface area contributed by atoms with Crippen molar-refractivity contribution in [2.75, 3.05) is 30.3 Å². The van der Waals surface area contributed by atoms with Crippen LogP contribution >= 0.6 is 11.6 Å². The molecular weight excluding hydrogens is 554 g/mol. The summed E-state index contributed by atoms with van der Waals surface area (Å²) in [5.41, 5.74) is -0.494. The molecule has 0 atom stereocenters. The molecule has 2 heterocycles. The number of likely N-dealkylation sites (tertiary alicyclic amines) is 1. The number of rotatable bonds is 7. The smallest absolute Gasteiger partial charge is 0.422 e. The van der Waals surface area contributed by atoms with Crippen LogP contribution in [0.4, 0.5) is 43.9 Å². The number of carbonyl (C=O) groups excluding carboxylic acids is 1. The minimum atomic E-state index is -4.67. The molecule has 2 N–H and O–H groups in total. The predicted molar refractivity (Wildman–Crippen MR) is 130 cm³/mol. The van der Waals surface area contributed by atoms with Crippen LogP contribution in [0.2, 0.25) is 5.02 Å². The van der Waals surface area contributed by atoms with Gasteiger partial charge >= 0.3 is 18.4 Å². The first-order valence-corrected chi connectivity index (χ1v) is 11.9. The van der Waals surface area contributed by atoms with Gasteiger partial charge in [0.2, 0.25) is 11.9 Å². The minimum Gasteiger partial charge on any atom is -0.454 e. The van der Waals surface area contributed by atoms with Crippen molar-refractivity contribution in [3.8, 4) is 6.01 Å². The first-order chi connectivity index (χ1) is 18.4. The van der Waals surface area contributed by atoms with E-state index in [2.05, 4.69) is 30.3 Å². The van der Waals surface area contributed by atoms with E-state index in [1.807, 2.05) is 0 Å². The van der Waals surface area contributed by atoms with Crippen LogP contribution in [0.1, 0.15) is 28.8 Å². The molecule has 15 heteroatoms. The van der Waals surface area contributed by atoms with Gasteiger partial charge in [0.15, 0.2) is 6.61 Å². The van der Waals surface area contributed by atoms with Gasteiger partial charge in [-0.25, -0.2) is 0 Å². The van der Waals surface area contributed by atoms with E-state index < -0.39 is 30.5 Å². The number of hydrogen-bond donors (Lipinski definition) is 2. The van der Waals surface area contributed by atoms with Crippen LogP contribution in [-0.4, -0.2) is 57.7 Å². The number of aromatic nitrogens is 3. The van der Waals surface area contributed by atoms with Gasteiger partial charge in [0.25, 0.3) is 5.91 Å². The van der Waals surface area contributed by atoms with Gasteiger partial charge in [-0.1, -0.05) is 17.7 Å². The molecule has 208 valence electrons. The predicted octanol–water partition coefficient (Wildman–Crippen LogP) is 5.95. The quantitative estimate of drug-likeness (QED) is 0.337. The van der Waals surface area contributed by atoms with Crippen molar-refractivity contribution in [3.63, 3.8) is 0 Å². The van der Waals surface area contributed by atoms with Gasteiger partial charge in [-0.2, -0.15) is 41.3 Å². The molecular formula is C24H21ClF6N6O2. The lowest BCUT2D eigenvalue weighted by Gasteiger charge is -2.32. The lowest BCUT2D eigenvalue weighted by molar-refractivity contribution is -0.154. The van der Waals surface area contributed by atoms with E-state index in [4.69, 9.17) is 11.6 Å². The molecule has 0 radical (unpaired) electrons. The third-order valence-corrected chi connectivity index (χ3v) is 5.88. The average Bonchev–Trinajstić information content (AvgIpc) is 2.87. The molecule has 4 rings (SSSR count). The van der Waals surface area contributed by atoms with Gasteiger partial charge in [0.1, 0.15) is 0 Å². The van der Waals surface area contributed by atoms with E-state index in [1.165, 1.54) is 6.07 Å². The number of benzene rings is 2. The Bertz CT molecular complexity index is 1300. The molecule has 1 aliphatic heterocycles. The van der Waals surface area contributed by atoms with E-state index in [0.29, 0.717) is 36.5 Å². The van der Waals surface area contributed by atoms with Crippen LogP contribution in [0.15, 0.2) is 48.5 Å². The highest BCUT2D eigenvalue weighted by Gasteiger charge is 2.31. The molecule has 1 aromatic heterocycles. The normalized spacial score (nSPS) is 14.7. The fourth-order valence-electron chi connectivity index (χ4n) is 3.77. The fraction of sp³-hybridized carbons (Fsp3) is 0.333. The number of piperidine rings is 1. The molecule has 1 saturated heterocycles. The van der Waals surface area contributed by atoms with E-state index in [-0.39, 0.29) is 29.5 Å². The maximum atomic E-state index is 13.1. The van der Waals surface area contributed by atoms with Gasteiger partial charge in [0, 0.05) is 35.4 Å². The number of anilines is 3. The largest absolute Gasteiger partial charge is 0.454 e. The molecule has 1 amide bonds. The summed E-state index contributed by atoms with van der Waals surface area (Å²) in [6, 6.07) is 9.71. The molecule has 0 unspecified atom stereocenters. The van der Waals surface area contributed by atoms with Crippen molar-refractivity contribution in [1.29, 1.82) is 0 Å². The minimum absolute atomic E-state index is 0.0437. The molecule has 1 aliphatic rings. The van der Waals surface area contributed by atoms with E-state index in [0.717, 1.165) is 18.2 Å². The first kappa shape index (κ1) is 28.2. The summed E-state index contributed by atoms with van der Waals surface area (Å²) in [4.78, 5) is 26.1. The Balaban J connectivity index is 1.46. The highest BCUT2D eigenvalue weighted by atomic mass is 35.5. The zero-order valence-corrected chi connectivity index (χ0v) is 20.7. The second kappa shape index (κ2) is 11.5. The van der Waals surface area contributed by atoms with Crippen LogP contribution < -0.4 is 15.4 Å². The second-order valence-electron chi connectivity index (χ2n) is 8.59. The van der Waals surface area contributed by atoms with Crippen LogP contribution in [0.5, 0.6) is 6.01 Å². The van der Waals surface area contributed by atoms with Crippen molar-refractivity contribution < 1.29 is 35.9 Å². The third-order valence-electron chi connectivity index (χ3n) is 5.63. The standard InChI is InChI=1S/C24H21ClF6N6O2/c25-16-6-4-14(5-7-16)19(38)37-10-8-17(9-11-37)32-20-34-21(36-22(35-20)39-13-23(26,27)28)33-18-3-1-2-15(12-18)24(29,30)31/h1-7,12,17H,8-11,13H2,(H2,32,33,34,35,36). The van der Waals surface area contributed by atoms with Crippen molar-refractivity contribution in [1.82, 2.24) is 19.9 Å². The van der Waals surface area contributed by atoms with Crippen LogP contribution in [0.3, 0.4) is 0 Å². The van der Waals surface area contributed by atoms with E-state index in [9.17, 15) is 31.1 Å². The Hall–Kier alpha value is -3.81. The number of amides is 1. The first-order valence-electron chi connectivity index (χ1n) is 11.6. The summed E-state index contributed by atoms with van der Waals surface area (Å²) < 4.78 is 81.9. The Kier molecular flexibility index (Phi) is 8.33. The highest BCUT2D eigenvalue weighted by molar-refractivity contribution is 6.30. The Morgan fingerprint density at radius 3 is 2.28 bits per heavy atom. The monoisotopic (exact) mass is 574 g/mol. The van der Waals surface area contributed by atoms with E-state index >= 15 is 0 Å². The van der Waals surface area contributed by atoms with Gasteiger partial charge in [0.05, 0.1) is 5.56 Å². The summed E-state index contributed by atoms with van der Waals surface area (Å²) >= 11 is 5.87. The number of nitrogens with one attached hydrogen (secondary N) is 2.